The van der Waals surface area contributed by atoms with E-state index >= 15 is 0 Å². The molecule has 0 radical (unpaired) electrons. The molecule has 0 spiro atoms. The summed E-state index contributed by atoms with van der Waals surface area (Å²) in [6.45, 7) is 6.35. The van der Waals surface area contributed by atoms with Crippen LogP contribution in [0.3, 0.4) is 0 Å². The summed E-state index contributed by atoms with van der Waals surface area (Å²) in [5.41, 5.74) is 3.60. The van der Waals surface area contributed by atoms with Gasteiger partial charge < -0.3 is 19.5 Å². The number of aliphatic hydroxyl groups is 1. The van der Waals surface area contributed by atoms with Crippen LogP contribution in [0.4, 0.5) is 10.2 Å². The lowest BCUT2D eigenvalue weighted by Crippen LogP contribution is -2.51. The highest BCUT2D eigenvalue weighted by atomic mass is 19.1. The number of aryl methyl sites for hydroxylation is 1. The van der Waals surface area contributed by atoms with Gasteiger partial charge in [0.15, 0.2) is 5.82 Å². The van der Waals surface area contributed by atoms with Crippen molar-refractivity contribution in [1.82, 2.24) is 24.6 Å². The van der Waals surface area contributed by atoms with Crippen LogP contribution in [0.1, 0.15) is 29.9 Å². The van der Waals surface area contributed by atoms with E-state index in [1.165, 1.54) is 18.2 Å². The van der Waals surface area contributed by atoms with Crippen molar-refractivity contribution >= 4 is 16.7 Å². The molecule has 3 fully saturated rings. The summed E-state index contributed by atoms with van der Waals surface area (Å²) in [6, 6.07) is 6.99. The van der Waals surface area contributed by atoms with Gasteiger partial charge in [0.2, 0.25) is 0 Å². The Morgan fingerprint density at radius 3 is 2.51 bits per heavy atom. The molecule has 0 amide bonds. The van der Waals surface area contributed by atoms with Gasteiger partial charge in [0.1, 0.15) is 18.1 Å². The molecule has 3 saturated heterocycles. The van der Waals surface area contributed by atoms with E-state index in [9.17, 15) is 9.50 Å². The second kappa shape index (κ2) is 9.00. The fraction of sp³-hybridized carbons (Fsp3) is 0.560. The van der Waals surface area contributed by atoms with Gasteiger partial charge in [-0.05, 0) is 62.0 Å². The minimum atomic E-state index is -1.31. The number of rotatable bonds is 5. The number of benzene rings is 1. The van der Waals surface area contributed by atoms with Crippen molar-refractivity contribution in [3.05, 3.63) is 35.5 Å². The molecule has 0 unspecified atom stereocenters. The standard InChI is InChI=1S/C25H31FN6O3/c1-15-7-17-10-27-32(21(17)8-19(15)16-3-5-30(6-4-16)18-13-35-14-18)24-9-23(28-25(29-24)34-2)31-11-20(26)22(33)12-31/h7-10,16,18,20,22,33H,3-6,11-14H2,1-2H3/t20-,22-/m1/s1. The molecule has 186 valence electrons. The van der Waals surface area contributed by atoms with E-state index < -0.39 is 12.3 Å². The highest BCUT2D eigenvalue weighted by Gasteiger charge is 2.33. The molecule has 0 bridgehead atoms. The summed E-state index contributed by atoms with van der Waals surface area (Å²) in [5, 5.41) is 15.5. The van der Waals surface area contributed by atoms with E-state index in [1.54, 1.807) is 15.6 Å². The number of hydrogen-bond donors (Lipinski definition) is 1. The van der Waals surface area contributed by atoms with Gasteiger partial charge in [-0.2, -0.15) is 15.1 Å². The lowest BCUT2D eigenvalue weighted by molar-refractivity contribution is -0.0712. The van der Waals surface area contributed by atoms with E-state index in [0.29, 0.717) is 23.6 Å². The third-order valence-electron chi connectivity index (χ3n) is 7.68. The van der Waals surface area contributed by atoms with Gasteiger partial charge >= 0.3 is 6.01 Å². The lowest BCUT2D eigenvalue weighted by atomic mass is 9.85. The normalized spacial score (nSPS) is 24.3. The number of nitrogens with zero attached hydrogens (tertiary/aromatic N) is 6. The van der Waals surface area contributed by atoms with E-state index in [2.05, 4.69) is 39.0 Å². The predicted molar refractivity (Wildman–Crippen MR) is 129 cm³/mol. The molecule has 0 saturated carbocycles. The SMILES string of the molecule is COc1nc(N2C[C@@H](O)[C@H](F)C2)cc(-n2ncc3cc(C)c(C4CCN(C5COC5)CC4)cc32)n1. The van der Waals surface area contributed by atoms with Crippen LogP contribution in [0.2, 0.25) is 0 Å². The van der Waals surface area contributed by atoms with Gasteiger partial charge in [0.05, 0.1) is 44.6 Å². The number of halogens is 1. The number of piperidine rings is 1. The largest absolute Gasteiger partial charge is 0.467 e. The summed E-state index contributed by atoms with van der Waals surface area (Å²) in [7, 11) is 1.50. The van der Waals surface area contributed by atoms with Gasteiger partial charge in [-0.3, -0.25) is 4.90 Å². The van der Waals surface area contributed by atoms with Crippen LogP contribution in [-0.2, 0) is 4.74 Å². The summed E-state index contributed by atoms with van der Waals surface area (Å²) < 4.78 is 26.5. The molecule has 2 aromatic heterocycles. The molecule has 6 rings (SSSR count). The first-order chi connectivity index (χ1) is 17.0. The maximum absolute atomic E-state index is 14.0. The predicted octanol–water partition coefficient (Wildman–Crippen LogP) is 2.23. The fourth-order valence-electron chi connectivity index (χ4n) is 5.53. The Balaban J connectivity index is 1.32. The third kappa shape index (κ3) is 4.13. The molecule has 1 aromatic carbocycles. The first kappa shape index (κ1) is 22.6. The number of fused-ring (bicyclic) bond motifs is 1. The zero-order chi connectivity index (χ0) is 24.1. The number of ether oxygens (including phenoxy) is 2. The number of methoxy groups -OCH3 is 1. The Morgan fingerprint density at radius 1 is 1.09 bits per heavy atom. The van der Waals surface area contributed by atoms with Gasteiger partial charge in [-0.25, -0.2) is 9.07 Å². The number of alkyl halides is 1. The molecular weight excluding hydrogens is 451 g/mol. The van der Waals surface area contributed by atoms with Crippen molar-refractivity contribution in [2.45, 2.75) is 44.0 Å². The Kier molecular flexibility index (Phi) is 5.82. The van der Waals surface area contributed by atoms with Crippen LogP contribution in [-0.4, -0.2) is 94.6 Å². The number of aromatic nitrogens is 4. The zero-order valence-corrected chi connectivity index (χ0v) is 20.1. The van der Waals surface area contributed by atoms with Crippen LogP contribution >= 0.6 is 0 Å². The van der Waals surface area contributed by atoms with Gasteiger partial charge in [-0.1, -0.05) is 0 Å². The van der Waals surface area contributed by atoms with Crippen LogP contribution in [0.15, 0.2) is 24.4 Å². The maximum atomic E-state index is 14.0. The van der Waals surface area contributed by atoms with Gasteiger partial charge in [-0.15, -0.1) is 0 Å². The van der Waals surface area contributed by atoms with Crippen molar-refractivity contribution in [2.75, 3.05) is 51.4 Å². The average Bonchev–Trinajstić information content (AvgIpc) is 3.40. The van der Waals surface area contributed by atoms with Gasteiger partial charge in [0, 0.05) is 18.0 Å². The molecule has 5 heterocycles. The first-order valence-electron chi connectivity index (χ1n) is 12.3. The van der Waals surface area contributed by atoms with Crippen LogP contribution in [0.5, 0.6) is 6.01 Å². The number of hydrogen-bond acceptors (Lipinski definition) is 8. The monoisotopic (exact) mass is 482 g/mol. The maximum Gasteiger partial charge on any atom is 0.320 e. The Labute approximate surface area is 203 Å². The van der Waals surface area contributed by atoms with E-state index in [-0.39, 0.29) is 19.1 Å². The summed E-state index contributed by atoms with van der Waals surface area (Å²) in [5.74, 6) is 1.56. The summed E-state index contributed by atoms with van der Waals surface area (Å²) in [6.07, 6.45) is 1.77. The van der Waals surface area contributed by atoms with E-state index in [0.717, 1.165) is 50.0 Å². The third-order valence-corrected chi connectivity index (χ3v) is 7.68. The minimum Gasteiger partial charge on any atom is -0.467 e. The number of β-amino-alcohol motifs (C(OH)–C–C–N with tert-alkyl or cyclic N) is 1. The van der Waals surface area contributed by atoms with Crippen molar-refractivity contribution in [1.29, 1.82) is 0 Å². The van der Waals surface area contributed by atoms with Crippen LogP contribution in [0.25, 0.3) is 16.7 Å². The fourth-order valence-corrected chi connectivity index (χ4v) is 5.53. The number of likely N-dealkylation sites (tertiary alicyclic amines) is 1. The number of aliphatic hydroxyl groups excluding tert-OH is 1. The molecule has 1 N–H and O–H groups in total. The first-order valence-corrected chi connectivity index (χ1v) is 12.3. The Bertz CT molecular complexity index is 1210. The van der Waals surface area contributed by atoms with E-state index in [1.807, 2.05) is 6.20 Å². The smallest absolute Gasteiger partial charge is 0.320 e. The average molecular weight is 483 g/mol. The molecule has 3 aliphatic heterocycles. The molecule has 0 aliphatic carbocycles. The molecular formula is C25H31FN6O3. The molecule has 2 atom stereocenters. The topological polar surface area (TPSA) is 88.8 Å². The van der Waals surface area contributed by atoms with Crippen molar-refractivity contribution in [3.8, 4) is 11.8 Å². The van der Waals surface area contributed by atoms with Crippen LogP contribution < -0.4 is 9.64 Å². The lowest BCUT2D eigenvalue weighted by Gasteiger charge is -2.41. The molecule has 3 aliphatic rings. The van der Waals surface area contributed by atoms with Crippen molar-refractivity contribution in [3.63, 3.8) is 0 Å². The summed E-state index contributed by atoms with van der Waals surface area (Å²) >= 11 is 0. The van der Waals surface area contributed by atoms with Crippen LogP contribution in [0, 0.1) is 6.92 Å². The second-order valence-electron chi connectivity index (χ2n) is 9.88. The highest BCUT2D eigenvalue weighted by Crippen LogP contribution is 2.35. The molecule has 35 heavy (non-hydrogen) atoms. The highest BCUT2D eigenvalue weighted by molar-refractivity contribution is 5.82. The quantitative estimate of drug-likeness (QED) is 0.592. The van der Waals surface area contributed by atoms with Crippen molar-refractivity contribution < 1.29 is 19.0 Å². The second-order valence-corrected chi connectivity index (χ2v) is 9.88. The zero-order valence-electron chi connectivity index (χ0n) is 20.1. The van der Waals surface area contributed by atoms with Gasteiger partial charge in [0.25, 0.3) is 0 Å². The minimum absolute atomic E-state index is 0.0790. The molecule has 10 heteroatoms. The molecule has 9 nitrogen and oxygen atoms in total. The van der Waals surface area contributed by atoms with Crippen molar-refractivity contribution in [2.24, 2.45) is 0 Å². The number of anilines is 1. The van der Waals surface area contributed by atoms with E-state index in [4.69, 9.17) is 9.47 Å². The summed E-state index contributed by atoms with van der Waals surface area (Å²) in [4.78, 5) is 13.2. The Morgan fingerprint density at radius 2 is 1.86 bits per heavy atom. The molecule has 3 aromatic rings. The Hall–Kier alpha value is -2.82.